The Morgan fingerprint density at radius 3 is 2.46 bits per heavy atom. The van der Waals surface area contributed by atoms with Crippen LogP contribution in [-0.4, -0.2) is 34.3 Å². The highest BCUT2D eigenvalue weighted by Crippen LogP contribution is 2.33. The second kappa shape index (κ2) is 8.62. The lowest BCUT2D eigenvalue weighted by atomic mass is 9.95. The van der Waals surface area contributed by atoms with Crippen molar-refractivity contribution in [1.29, 1.82) is 0 Å². The van der Waals surface area contributed by atoms with E-state index in [1.807, 2.05) is 13.8 Å². The summed E-state index contributed by atoms with van der Waals surface area (Å²) in [5, 5.41) is 16.7. The molecule has 0 aliphatic heterocycles. The molecule has 1 aliphatic rings. The first-order valence-electron chi connectivity index (χ1n) is 9.27. The fraction of sp³-hybridized carbons (Fsp3) is 0.500. The van der Waals surface area contributed by atoms with Crippen LogP contribution in [0.15, 0.2) is 34.3 Å². The molecule has 152 valence electrons. The lowest BCUT2D eigenvalue weighted by Crippen LogP contribution is -2.23. The van der Waals surface area contributed by atoms with Crippen LogP contribution in [0, 0.1) is 6.92 Å². The molecule has 1 fully saturated rings. The zero-order valence-corrected chi connectivity index (χ0v) is 17.6. The summed E-state index contributed by atoms with van der Waals surface area (Å²) in [7, 11) is -3.75. The number of nitrogens with two attached hydrogens (primary N) is 1. The van der Waals surface area contributed by atoms with Gasteiger partial charge in [0.2, 0.25) is 15.9 Å². The first-order chi connectivity index (χ1) is 13.3. The highest BCUT2D eigenvalue weighted by Gasteiger charge is 2.24. The minimum atomic E-state index is -3.75. The van der Waals surface area contributed by atoms with Gasteiger partial charge < -0.3 is 9.88 Å². The van der Waals surface area contributed by atoms with Gasteiger partial charge in [0.15, 0.2) is 5.16 Å². The highest BCUT2D eigenvalue weighted by molar-refractivity contribution is 8.00. The predicted octanol–water partition coefficient (Wildman–Crippen LogP) is 2.86. The zero-order chi connectivity index (χ0) is 20.3. The minimum absolute atomic E-state index is 0.00369. The highest BCUT2D eigenvalue weighted by atomic mass is 32.2. The molecule has 1 heterocycles. The topological polar surface area (TPSA) is 120 Å². The van der Waals surface area contributed by atoms with E-state index in [2.05, 4.69) is 20.1 Å². The van der Waals surface area contributed by atoms with Crippen molar-refractivity contribution in [3.8, 4) is 0 Å². The molecule has 2 aromatic rings. The van der Waals surface area contributed by atoms with Gasteiger partial charge in [0.25, 0.3) is 0 Å². The van der Waals surface area contributed by atoms with Gasteiger partial charge in [-0.1, -0.05) is 31.0 Å². The van der Waals surface area contributed by atoms with E-state index < -0.39 is 10.0 Å². The Kier molecular flexibility index (Phi) is 6.41. The number of primary sulfonamides is 1. The predicted molar refractivity (Wildman–Crippen MR) is 109 cm³/mol. The molecule has 3 N–H and O–H groups in total. The van der Waals surface area contributed by atoms with Gasteiger partial charge in [-0.05, 0) is 51.0 Å². The van der Waals surface area contributed by atoms with Gasteiger partial charge in [0.1, 0.15) is 5.82 Å². The van der Waals surface area contributed by atoms with E-state index in [-0.39, 0.29) is 16.1 Å². The monoisotopic (exact) mass is 423 g/mol. The molecule has 3 rings (SSSR count). The summed E-state index contributed by atoms with van der Waals surface area (Å²) in [5.74, 6) is 0.685. The summed E-state index contributed by atoms with van der Waals surface area (Å²) < 4.78 is 24.8. The van der Waals surface area contributed by atoms with Crippen LogP contribution >= 0.6 is 11.8 Å². The molecule has 0 unspecified atom stereocenters. The van der Waals surface area contributed by atoms with Gasteiger partial charge in [0, 0.05) is 11.7 Å². The van der Waals surface area contributed by atoms with Gasteiger partial charge in [-0.25, -0.2) is 13.6 Å². The van der Waals surface area contributed by atoms with Crippen LogP contribution in [0.4, 0.5) is 5.69 Å². The molecule has 1 saturated carbocycles. The van der Waals surface area contributed by atoms with Crippen molar-refractivity contribution < 1.29 is 13.2 Å². The van der Waals surface area contributed by atoms with Gasteiger partial charge in [-0.3, -0.25) is 4.79 Å². The third-order valence-corrected chi connectivity index (χ3v) is 6.86. The summed E-state index contributed by atoms with van der Waals surface area (Å²) in [4.78, 5) is 12.6. The maximum Gasteiger partial charge on any atom is 0.238 e. The standard InChI is InChI=1S/C18H25N5O3S2/c1-12(17(24)20-14-8-10-16(11-9-14)28(19,25)26)27-18-22-21-13(2)23(18)15-6-4-3-5-7-15/h8-12,15H,3-7H2,1-2H3,(H,20,24)(H2,19,25,26)/t12-/m0/s1. The molecule has 1 aromatic heterocycles. The molecule has 0 spiro atoms. The van der Waals surface area contributed by atoms with Crippen molar-refractivity contribution >= 4 is 33.4 Å². The largest absolute Gasteiger partial charge is 0.325 e. The zero-order valence-electron chi connectivity index (χ0n) is 16.0. The molecule has 1 amide bonds. The summed E-state index contributed by atoms with van der Waals surface area (Å²) in [6.45, 7) is 3.76. The molecule has 8 nitrogen and oxygen atoms in total. The number of hydrogen-bond donors (Lipinski definition) is 2. The number of aromatic nitrogens is 3. The number of hydrogen-bond acceptors (Lipinski definition) is 6. The average Bonchev–Trinajstić information content (AvgIpc) is 3.02. The SMILES string of the molecule is Cc1nnc(S[C@@H](C)C(=O)Nc2ccc(S(N)(=O)=O)cc2)n1C1CCCCC1. The number of amides is 1. The minimum Gasteiger partial charge on any atom is -0.325 e. The number of anilines is 1. The Labute approximate surface area is 169 Å². The van der Waals surface area contributed by atoms with Crippen LogP contribution in [-0.2, 0) is 14.8 Å². The summed E-state index contributed by atoms with van der Waals surface area (Å²) in [6, 6.07) is 6.16. The summed E-state index contributed by atoms with van der Waals surface area (Å²) in [5.41, 5.74) is 0.509. The fourth-order valence-electron chi connectivity index (χ4n) is 3.37. The molecule has 10 heteroatoms. The Bertz CT molecular complexity index is 935. The maximum atomic E-state index is 12.6. The van der Waals surface area contributed by atoms with E-state index in [0.29, 0.717) is 11.7 Å². The number of aryl methyl sites for hydroxylation is 1. The molecular formula is C18H25N5O3S2. The molecule has 0 saturated heterocycles. The van der Waals surface area contributed by atoms with Crippen LogP contribution in [0.2, 0.25) is 0 Å². The molecule has 0 radical (unpaired) electrons. The Morgan fingerprint density at radius 2 is 1.86 bits per heavy atom. The lowest BCUT2D eigenvalue weighted by molar-refractivity contribution is -0.115. The third-order valence-electron chi connectivity index (χ3n) is 4.88. The fourth-order valence-corrected chi connectivity index (χ4v) is 4.85. The smallest absolute Gasteiger partial charge is 0.238 e. The second-order valence-electron chi connectivity index (χ2n) is 7.01. The van der Waals surface area contributed by atoms with E-state index in [9.17, 15) is 13.2 Å². The van der Waals surface area contributed by atoms with E-state index in [1.54, 1.807) is 0 Å². The molecule has 1 atom stereocenters. The van der Waals surface area contributed by atoms with E-state index in [4.69, 9.17) is 5.14 Å². The quantitative estimate of drug-likeness (QED) is 0.689. The van der Waals surface area contributed by atoms with Crippen LogP contribution in [0.1, 0.15) is 50.9 Å². The Balaban J connectivity index is 1.66. The first-order valence-corrected chi connectivity index (χ1v) is 11.7. The van der Waals surface area contributed by atoms with Gasteiger partial charge in [-0.2, -0.15) is 0 Å². The molecule has 1 aromatic carbocycles. The second-order valence-corrected chi connectivity index (χ2v) is 9.88. The number of benzene rings is 1. The van der Waals surface area contributed by atoms with Gasteiger partial charge in [-0.15, -0.1) is 10.2 Å². The molecule has 1 aliphatic carbocycles. The average molecular weight is 424 g/mol. The first kappa shape index (κ1) is 20.8. The van der Waals surface area contributed by atoms with Gasteiger partial charge >= 0.3 is 0 Å². The molecule has 0 bridgehead atoms. The van der Waals surface area contributed by atoms with Gasteiger partial charge in [0.05, 0.1) is 10.1 Å². The van der Waals surface area contributed by atoms with Crippen molar-refractivity contribution in [3.05, 3.63) is 30.1 Å². The normalized spacial score (nSPS) is 16.7. The summed E-state index contributed by atoms with van der Waals surface area (Å²) in [6.07, 6.45) is 5.91. The number of carbonyl (C=O) groups excluding carboxylic acids is 1. The number of thioether (sulfide) groups is 1. The number of nitrogens with one attached hydrogen (secondary N) is 1. The lowest BCUT2D eigenvalue weighted by Gasteiger charge is -2.25. The summed E-state index contributed by atoms with van der Waals surface area (Å²) >= 11 is 1.38. The van der Waals surface area contributed by atoms with Crippen molar-refractivity contribution in [1.82, 2.24) is 14.8 Å². The van der Waals surface area contributed by atoms with Crippen molar-refractivity contribution in [2.75, 3.05) is 5.32 Å². The Hall–Kier alpha value is -1.91. The van der Waals surface area contributed by atoms with Crippen LogP contribution in [0.25, 0.3) is 0 Å². The number of nitrogens with zero attached hydrogens (tertiary/aromatic N) is 3. The van der Waals surface area contributed by atoms with E-state index >= 15 is 0 Å². The van der Waals surface area contributed by atoms with Crippen molar-refractivity contribution in [2.24, 2.45) is 5.14 Å². The number of rotatable bonds is 6. The third kappa shape index (κ3) is 4.92. The van der Waals surface area contributed by atoms with Crippen LogP contribution in [0.3, 0.4) is 0 Å². The van der Waals surface area contributed by atoms with Crippen molar-refractivity contribution in [2.45, 2.75) is 67.3 Å². The van der Waals surface area contributed by atoms with Crippen LogP contribution in [0.5, 0.6) is 0 Å². The maximum absolute atomic E-state index is 12.6. The molecular weight excluding hydrogens is 398 g/mol. The number of carbonyl (C=O) groups is 1. The Morgan fingerprint density at radius 1 is 1.21 bits per heavy atom. The molecule has 28 heavy (non-hydrogen) atoms. The van der Waals surface area contributed by atoms with E-state index in [1.165, 1.54) is 55.3 Å². The van der Waals surface area contributed by atoms with Crippen LogP contribution < -0.4 is 10.5 Å². The van der Waals surface area contributed by atoms with Crippen molar-refractivity contribution in [3.63, 3.8) is 0 Å². The number of sulfonamides is 1. The van der Waals surface area contributed by atoms with E-state index in [0.717, 1.165) is 23.8 Å².